The molecule has 0 unspecified atom stereocenters. The van der Waals surface area contributed by atoms with Crippen LogP contribution in [-0.2, 0) is 11.3 Å². The lowest BCUT2D eigenvalue weighted by Crippen LogP contribution is -2.32. The van der Waals surface area contributed by atoms with E-state index in [1.54, 1.807) is 24.1 Å². The van der Waals surface area contributed by atoms with Crippen LogP contribution in [0.1, 0.15) is 0 Å². The molecule has 0 atom stereocenters. The second kappa shape index (κ2) is 9.69. The first-order chi connectivity index (χ1) is 15.6. The van der Waals surface area contributed by atoms with Gasteiger partial charge in [-0.25, -0.2) is 0 Å². The molecule has 164 valence electrons. The van der Waals surface area contributed by atoms with E-state index in [2.05, 4.69) is 16.8 Å². The Balaban J connectivity index is 1.49. The van der Waals surface area contributed by atoms with E-state index in [0.717, 1.165) is 5.75 Å². The molecule has 8 nitrogen and oxygen atoms in total. The summed E-state index contributed by atoms with van der Waals surface area (Å²) in [7, 11) is 1.75. The predicted octanol–water partition coefficient (Wildman–Crippen LogP) is 2.86. The molecule has 0 aliphatic heterocycles. The van der Waals surface area contributed by atoms with Crippen LogP contribution in [0, 0.1) is 0 Å². The zero-order chi connectivity index (χ0) is 22.5. The Morgan fingerprint density at radius 1 is 1.16 bits per heavy atom. The lowest BCUT2D eigenvalue weighted by molar-refractivity contribution is -0.127. The SMILES string of the molecule is C=CCn1c(=O)c2ccccc2n2c(SCC(=O)N(C)CCOc3ccccc3)nnc12. The van der Waals surface area contributed by atoms with Gasteiger partial charge in [-0.05, 0) is 24.3 Å². The standard InChI is InChI=1S/C23H23N5O3S/c1-3-13-27-21(30)18-11-7-8-12-19(18)28-22(27)24-25-23(28)32-16-20(29)26(2)14-15-31-17-9-5-4-6-10-17/h3-12H,1,13-16H2,2H3. The van der Waals surface area contributed by atoms with Crippen molar-refractivity contribution in [2.24, 2.45) is 0 Å². The van der Waals surface area contributed by atoms with Crippen LogP contribution in [0.4, 0.5) is 0 Å². The van der Waals surface area contributed by atoms with Crippen molar-refractivity contribution in [3.63, 3.8) is 0 Å². The van der Waals surface area contributed by atoms with E-state index in [1.807, 2.05) is 52.9 Å². The number of amides is 1. The minimum Gasteiger partial charge on any atom is -0.492 e. The fraction of sp³-hybridized carbons (Fsp3) is 0.217. The summed E-state index contributed by atoms with van der Waals surface area (Å²) in [5, 5.41) is 9.58. The largest absolute Gasteiger partial charge is 0.492 e. The Morgan fingerprint density at radius 3 is 2.69 bits per heavy atom. The van der Waals surface area contributed by atoms with Crippen LogP contribution in [0.15, 0.2) is 77.2 Å². The second-order valence-electron chi connectivity index (χ2n) is 7.11. The van der Waals surface area contributed by atoms with Gasteiger partial charge in [0.05, 0.1) is 23.2 Å². The van der Waals surface area contributed by atoms with E-state index in [-0.39, 0.29) is 17.2 Å². The van der Waals surface area contributed by atoms with Crippen molar-refractivity contribution in [2.75, 3.05) is 26.0 Å². The zero-order valence-corrected chi connectivity index (χ0v) is 18.5. The maximum Gasteiger partial charge on any atom is 0.263 e. The Labute approximate surface area is 189 Å². The molecule has 4 aromatic rings. The fourth-order valence-electron chi connectivity index (χ4n) is 3.30. The average molecular weight is 450 g/mol. The first-order valence-electron chi connectivity index (χ1n) is 10.1. The molecule has 0 spiro atoms. The van der Waals surface area contributed by atoms with Crippen molar-refractivity contribution in [3.05, 3.63) is 77.6 Å². The smallest absolute Gasteiger partial charge is 0.263 e. The number of hydrogen-bond acceptors (Lipinski definition) is 6. The van der Waals surface area contributed by atoms with Crippen LogP contribution in [0.3, 0.4) is 0 Å². The third-order valence-corrected chi connectivity index (χ3v) is 5.89. The molecular formula is C23H23N5O3S. The molecule has 0 N–H and O–H groups in total. The van der Waals surface area contributed by atoms with Gasteiger partial charge in [-0.3, -0.25) is 18.6 Å². The molecule has 0 saturated heterocycles. The quantitative estimate of drug-likeness (QED) is 0.289. The van der Waals surface area contributed by atoms with Crippen LogP contribution in [0.25, 0.3) is 16.7 Å². The van der Waals surface area contributed by atoms with Crippen LogP contribution in [0.2, 0.25) is 0 Å². The first kappa shape index (κ1) is 21.6. The number of thioether (sulfide) groups is 1. The molecular weight excluding hydrogens is 426 g/mol. The molecule has 2 aromatic heterocycles. The van der Waals surface area contributed by atoms with Gasteiger partial charge in [-0.2, -0.15) is 0 Å². The molecule has 2 heterocycles. The van der Waals surface area contributed by atoms with E-state index in [4.69, 9.17) is 4.74 Å². The molecule has 1 amide bonds. The van der Waals surface area contributed by atoms with E-state index in [0.29, 0.717) is 41.5 Å². The molecule has 0 radical (unpaired) electrons. The number of rotatable bonds is 9. The molecule has 9 heteroatoms. The van der Waals surface area contributed by atoms with Crippen LogP contribution < -0.4 is 10.3 Å². The van der Waals surface area contributed by atoms with Gasteiger partial charge in [0.2, 0.25) is 11.7 Å². The number of carbonyl (C=O) groups is 1. The summed E-state index contributed by atoms with van der Waals surface area (Å²) < 4.78 is 9.01. The third-order valence-electron chi connectivity index (χ3n) is 4.98. The minimum absolute atomic E-state index is 0.0490. The molecule has 0 aliphatic rings. The number of nitrogens with zero attached hydrogens (tertiary/aromatic N) is 5. The number of aromatic nitrogens is 4. The van der Waals surface area contributed by atoms with Crippen LogP contribution in [-0.4, -0.2) is 55.9 Å². The number of likely N-dealkylation sites (N-methyl/N-ethyl adjacent to an activating group) is 1. The summed E-state index contributed by atoms with van der Waals surface area (Å²) in [5.41, 5.74) is 0.559. The minimum atomic E-state index is -0.147. The number of fused-ring (bicyclic) bond motifs is 3. The van der Waals surface area contributed by atoms with E-state index < -0.39 is 0 Å². The molecule has 0 fully saturated rings. The zero-order valence-electron chi connectivity index (χ0n) is 17.7. The van der Waals surface area contributed by atoms with Gasteiger partial charge in [-0.1, -0.05) is 48.2 Å². The van der Waals surface area contributed by atoms with E-state index in [9.17, 15) is 9.59 Å². The van der Waals surface area contributed by atoms with Crippen molar-refractivity contribution in [1.82, 2.24) is 24.1 Å². The summed E-state index contributed by atoms with van der Waals surface area (Å²) in [6.07, 6.45) is 1.65. The summed E-state index contributed by atoms with van der Waals surface area (Å²) >= 11 is 1.29. The number of benzene rings is 2. The maximum atomic E-state index is 12.9. The Kier molecular flexibility index (Phi) is 6.55. The van der Waals surface area contributed by atoms with Gasteiger partial charge in [-0.15, -0.1) is 16.8 Å². The molecule has 0 aliphatic carbocycles. The van der Waals surface area contributed by atoms with Gasteiger partial charge in [0.25, 0.3) is 5.56 Å². The summed E-state index contributed by atoms with van der Waals surface area (Å²) in [6.45, 7) is 4.92. The average Bonchev–Trinajstić information content (AvgIpc) is 3.24. The van der Waals surface area contributed by atoms with Crippen LogP contribution in [0.5, 0.6) is 5.75 Å². The number of para-hydroxylation sites is 2. The highest BCUT2D eigenvalue weighted by Gasteiger charge is 2.18. The highest BCUT2D eigenvalue weighted by molar-refractivity contribution is 7.99. The van der Waals surface area contributed by atoms with Crippen molar-refractivity contribution in [1.29, 1.82) is 0 Å². The highest BCUT2D eigenvalue weighted by Crippen LogP contribution is 2.22. The first-order valence-corrected chi connectivity index (χ1v) is 11.1. The van der Waals surface area contributed by atoms with Crippen molar-refractivity contribution in [3.8, 4) is 5.75 Å². The maximum absolute atomic E-state index is 12.9. The summed E-state index contributed by atoms with van der Waals surface area (Å²) in [5.74, 6) is 1.34. The summed E-state index contributed by atoms with van der Waals surface area (Å²) in [6, 6.07) is 16.8. The Bertz CT molecular complexity index is 1320. The molecule has 4 rings (SSSR count). The van der Waals surface area contributed by atoms with Gasteiger partial charge in [0.15, 0.2) is 5.16 Å². The lowest BCUT2D eigenvalue weighted by Gasteiger charge is -2.17. The molecule has 32 heavy (non-hydrogen) atoms. The number of carbonyl (C=O) groups excluding carboxylic acids is 1. The number of allylic oxidation sites excluding steroid dienone is 1. The van der Waals surface area contributed by atoms with Gasteiger partial charge in [0.1, 0.15) is 12.4 Å². The second-order valence-corrected chi connectivity index (χ2v) is 8.05. The third kappa shape index (κ3) is 4.38. The highest BCUT2D eigenvalue weighted by atomic mass is 32.2. The number of hydrogen-bond donors (Lipinski definition) is 0. The molecule has 0 bridgehead atoms. The lowest BCUT2D eigenvalue weighted by atomic mass is 10.2. The molecule has 0 saturated carbocycles. The van der Waals surface area contributed by atoms with Gasteiger partial charge >= 0.3 is 0 Å². The monoisotopic (exact) mass is 449 g/mol. The van der Waals surface area contributed by atoms with Gasteiger partial charge in [0, 0.05) is 13.6 Å². The Hall–Kier alpha value is -3.59. The fourth-order valence-corrected chi connectivity index (χ4v) is 4.18. The topological polar surface area (TPSA) is 81.7 Å². The van der Waals surface area contributed by atoms with Crippen molar-refractivity contribution >= 4 is 34.3 Å². The van der Waals surface area contributed by atoms with Crippen LogP contribution >= 0.6 is 11.8 Å². The Morgan fingerprint density at radius 2 is 1.91 bits per heavy atom. The molecule has 2 aromatic carbocycles. The summed E-state index contributed by atoms with van der Waals surface area (Å²) in [4.78, 5) is 27.1. The van der Waals surface area contributed by atoms with E-state index in [1.165, 1.54) is 16.3 Å². The number of ether oxygens (including phenoxy) is 1. The predicted molar refractivity (Wildman–Crippen MR) is 125 cm³/mol. The normalized spacial score (nSPS) is 11.0. The van der Waals surface area contributed by atoms with E-state index >= 15 is 0 Å². The van der Waals surface area contributed by atoms with Crippen molar-refractivity contribution in [2.45, 2.75) is 11.7 Å². The van der Waals surface area contributed by atoms with Crippen molar-refractivity contribution < 1.29 is 9.53 Å². The van der Waals surface area contributed by atoms with Gasteiger partial charge < -0.3 is 9.64 Å².